The van der Waals surface area contributed by atoms with E-state index in [0.717, 1.165) is 30.8 Å². The average molecular weight is 343 g/mol. The quantitative estimate of drug-likeness (QED) is 0.876. The molecule has 0 amide bonds. The summed E-state index contributed by atoms with van der Waals surface area (Å²) in [6, 6.07) is 8.28. The van der Waals surface area contributed by atoms with E-state index in [2.05, 4.69) is 30.8 Å². The molecule has 2 aromatic rings. The van der Waals surface area contributed by atoms with Crippen LogP contribution in [0.4, 0.5) is 0 Å². The number of hydrogen-bond acceptors (Lipinski definition) is 4. The van der Waals surface area contributed by atoms with Gasteiger partial charge in [0.05, 0.1) is 5.69 Å². The van der Waals surface area contributed by atoms with E-state index >= 15 is 0 Å². The largest absolute Gasteiger partial charge is 0.491 e. The molecule has 136 valence electrons. The summed E-state index contributed by atoms with van der Waals surface area (Å²) < 4.78 is 7.69. The van der Waals surface area contributed by atoms with Gasteiger partial charge < -0.3 is 9.84 Å². The van der Waals surface area contributed by atoms with E-state index in [1.54, 1.807) is 0 Å². The van der Waals surface area contributed by atoms with Crippen LogP contribution in [-0.2, 0) is 7.05 Å². The number of hydrogen-bond donors (Lipinski definition) is 1. The van der Waals surface area contributed by atoms with Gasteiger partial charge in [0.15, 0.2) is 0 Å². The molecular formula is C20H29N3O2. The van der Waals surface area contributed by atoms with Crippen molar-refractivity contribution in [2.45, 2.75) is 45.8 Å². The highest BCUT2D eigenvalue weighted by atomic mass is 16.5. The van der Waals surface area contributed by atoms with Crippen LogP contribution in [0.3, 0.4) is 0 Å². The molecule has 0 bridgehead atoms. The van der Waals surface area contributed by atoms with Crippen molar-refractivity contribution < 1.29 is 9.84 Å². The molecule has 0 spiro atoms. The average Bonchev–Trinajstić information content (AvgIpc) is 3.11. The lowest BCUT2D eigenvalue weighted by molar-refractivity contribution is 0.0637. The zero-order valence-electron chi connectivity index (χ0n) is 15.7. The van der Waals surface area contributed by atoms with Crippen molar-refractivity contribution in [1.82, 2.24) is 14.7 Å². The summed E-state index contributed by atoms with van der Waals surface area (Å²) in [6.07, 6.45) is 1.78. The lowest BCUT2D eigenvalue weighted by Gasteiger charge is -2.27. The Morgan fingerprint density at radius 3 is 2.60 bits per heavy atom. The van der Waals surface area contributed by atoms with Gasteiger partial charge in [-0.15, -0.1) is 0 Å². The molecule has 1 fully saturated rings. The number of benzene rings is 1. The number of likely N-dealkylation sites (tertiary alicyclic amines) is 1. The van der Waals surface area contributed by atoms with Crippen LogP contribution in [-0.4, -0.2) is 45.6 Å². The van der Waals surface area contributed by atoms with E-state index in [9.17, 15) is 5.11 Å². The smallest absolute Gasteiger partial charge is 0.119 e. The van der Waals surface area contributed by atoms with Gasteiger partial charge in [-0.2, -0.15) is 5.10 Å². The molecule has 2 heterocycles. The van der Waals surface area contributed by atoms with Crippen molar-refractivity contribution in [3.05, 3.63) is 46.8 Å². The molecule has 25 heavy (non-hydrogen) atoms. The first-order chi connectivity index (χ1) is 12.0. The summed E-state index contributed by atoms with van der Waals surface area (Å²) in [4.78, 5) is 2.38. The van der Waals surface area contributed by atoms with Crippen LogP contribution in [0.15, 0.2) is 24.3 Å². The van der Waals surface area contributed by atoms with Crippen LogP contribution in [0.25, 0.3) is 0 Å². The topological polar surface area (TPSA) is 50.5 Å². The van der Waals surface area contributed by atoms with Crippen LogP contribution >= 0.6 is 0 Å². The van der Waals surface area contributed by atoms with Gasteiger partial charge in [-0.05, 0) is 52.3 Å². The van der Waals surface area contributed by atoms with Gasteiger partial charge in [0.25, 0.3) is 0 Å². The van der Waals surface area contributed by atoms with Crippen LogP contribution in [0, 0.1) is 20.8 Å². The van der Waals surface area contributed by atoms with Gasteiger partial charge in [0, 0.05) is 30.9 Å². The fraction of sp³-hybridized carbons (Fsp3) is 0.550. The molecule has 0 unspecified atom stereocenters. The lowest BCUT2D eigenvalue weighted by Crippen LogP contribution is -2.35. The Kier molecular flexibility index (Phi) is 5.45. The number of rotatable bonds is 6. The van der Waals surface area contributed by atoms with Crippen molar-refractivity contribution in [2.24, 2.45) is 7.05 Å². The van der Waals surface area contributed by atoms with Gasteiger partial charge in [0.1, 0.15) is 18.5 Å². The number of aromatic nitrogens is 2. The molecular weight excluding hydrogens is 314 g/mol. The third kappa shape index (κ3) is 4.05. The van der Waals surface area contributed by atoms with Crippen molar-refractivity contribution in [3.8, 4) is 5.75 Å². The van der Waals surface area contributed by atoms with E-state index < -0.39 is 6.10 Å². The van der Waals surface area contributed by atoms with E-state index in [1.165, 1.54) is 16.8 Å². The van der Waals surface area contributed by atoms with Gasteiger partial charge >= 0.3 is 0 Å². The minimum atomic E-state index is -0.501. The number of nitrogens with zero attached hydrogens (tertiary/aromatic N) is 3. The normalized spacial score (nSPS) is 19.3. The van der Waals surface area contributed by atoms with Crippen molar-refractivity contribution in [1.29, 1.82) is 0 Å². The number of aryl methyl sites for hydroxylation is 3. The number of β-amino-alcohol motifs (C(OH)–C–C–N with tert-alkyl or cyclic N) is 1. The zero-order valence-corrected chi connectivity index (χ0v) is 15.7. The van der Waals surface area contributed by atoms with E-state index in [0.29, 0.717) is 19.2 Å². The molecule has 0 radical (unpaired) electrons. The predicted octanol–water partition coefficient (Wildman–Crippen LogP) is 2.92. The maximum Gasteiger partial charge on any atom is 0.119 e. The summed E-state index contributed by atoms with van der Waals surface area (Å²) in [6.45, 7) is 8.22. The molecule has 5 heteroatoms. The monoisotopic (exact) mass is 343 g/mol. The van der Waals surface area contributed by atoms with Gasteiger partial charge in [-0.3, -0.25) is 9.58 Å². The van der Waals surface area contributed by atoms with Gasteiger partial charge in [-0.1, -0.05) is 17.7 Å². The van der Waals surface area contributed by atoms with Gasteiger partial charge in [0.2, 0.25) is 0 Å². The Morgan fingerprint density at radius 1 is 1.24 bits per heavy atom. The molecule has 1 aromatic heterocycles. The molecule has 1 saturated heterocycles. The Labute approximate surface area is 150 Å². The molecule has 1 aliphatic rings. The standard InChI is InChI=1S/C20H29N3O2/c1-14-7-9-18(10-8-14)25-13-17(24)12-23-11-5-6-19(23)20-15(2)21-22(4)16(20)3/h7-10,17,19,24H,5-6,11-13H2,1-4H3/t17-,19-/m0/s1. The Balaban J connectivity index is 1.60. The Bertz CT molecular complexity index is 708. The van der Waals surface area contributed by atoms with Crippen molar-refractivity contribution in [2.75, 3.05) is 19.7 Å². The van der Waals surface area contributed by atoms with Crippen LogP contribution in [0.5, 0.6) is 5.75 Å². The van der Waals surface area contributed by atoms with Crippen LogP contribution < -0.4 is 4.74 Å². The van der Waals surface area contributed by atoms with E-state index in [1.807, 2.05) is 36.0 Å². The molecule has 2 atom stereocenters. The third-order valence-electron chi connectivity index (χ3n) is 5.17. The molecule has 3 rings (SSSR count). The van der Waals surface area contributed by atoms with Crippen LogP contribution in [0.2, 0.25) is 0 Å². The summed E-state index contributed by atoms with van der Waals surface area (Å²) in [7, 11) is 2.00. The molecule has 1 aromatic carbocycles. The first-order valence-electron chi connectivity index (χ1n) is 9.07. The third-order valence-corrected chi connectivity index (χ3v) is 5.17. The second-order valence-electron chi connectivity index (χ2n) is 7.14. The zero-order chi connectivity index (χ0) is 18.0. The maximum atomic E-state index is 10.4. The molecule has 1 aliphatic heterocycles. The maximum absolute atomic E-state index is 10.4. The predicted molar refractivity (Wildman–Crippen MR) is 98.9 cm³/mol. The minimum absolute atomic E-state index is 0.317. The minimum Gasteiger partial charge on any atom is -0.491 e. The van der Waals surface area contributed by atoms with Crippen molar-refractivity contribution in [3.63, 3.8) is 0 Å². The first kappa shape index (κ1) is 18.0. The summed E-state index contributed by atoms with van der Waals surface area (Å²) >= 11 is 0. The fourth-order valence-electron chi connectivity index (χ4n) is 3.79. The Hall–Kier alpha value is -1.85. The lowest BCUT2D eigenvalue weighted by atomic mass is 10.0. The highest BCUT2D eigenvalue weighted by Crippen LogP contribution is 2.35. The highest BCUT2D eigenvalue weighted by Gasteiger charge is 2.31. The summed E-state index contributed by atoms with van der Waals surface area (Å²) in [5.74, 6) is 0.807. The Morgan fingerprint density at radius 2 is 1.96 bits per heavy atom. The number of aliphatic hydroxyl groups is 1. The second kappa shape index (κ2) is 7.58. The molecule has 0 saturated carbocycles. The first-order valence-corrected chi connectivity index (χ1v) is 9.07. The second-order valence-corrected chi connectivity index (χ2v) is 7.14. The SMILES string of the molecule is Cc1ccc(OC[C@@H](O)CN2CCC[C@H]2c2c(C)nn(C)c2C)cc1. The fourth-order valence-corrected chi connectivity index (χ4v) is 3.79. The van der Waals surface area contributed by atoms with E-state index in [4.69, 9.17) is 4.74 Å². The van der Waals surface area contributed by atoms with Gasteiger partial charge in [-0.25, -0.2) is 0 Å². The number of ether oxygens (including phenoxy) is 1. The molecule has 0 aliphatic carbocycles. The van der Waals surface area contributed by atoms with E-state index in [-0.39, 0.29) is 0 Å². The molecule has 1 N–H and O–H groups in total. The summed E-state index contributed by atoms with van der Waals surface area (Å²) in [5.41, 5.74) is 4.85. The molecule has 5 nitrogen and oxygen atoms in total. The van der Waals surface area contributed by atoms with Crippen LogP contribution in [0.1, 0.15) is 41.4 Å². The summed E-state index contributed by atoms with van der Waals surface area (Å²) in [5, 5.41) is 15.0. The van der Waals surface area contributed by atoms with Crippen molar-refractivity contribution >= 4 is 0 Å². The highest BCUT2D eigenvalue weighted by molar-refractivity contribution is 5.29. The number of aliphatic hydroxyl groups excluding tert-OH is 1.